The first-order valence-electron chi connectivity index (χ1n) is 6.03. The summed E-state index contributed by atoms with van der Waals surface area (Å²) in [7, 11) is 0. The number of nitrogens with one attached hydrogen (secondary N) is 3. The van der Waals surface area contributed by atoms with E-state index in [1.165, 1.54) is 18.5 Å². The van der Waals surface area contributed by atoms with Crippen molar-refractivity contribution in [3.05, 3.63) is 57.1 Å². The van der Waals surface area contributed by atoms with Gasteiger partial charge in [-0.05, 0) is 6.07 Å². The number of imidazole rings is 1. The predicted molar refractivity (Wildman–Crippen MR) is 74.9 cm³/mol. The highest BCUT2D eigenvalue weighted by atomic mass is 16.6. The van der Waals surface area contributed by atoms with Crippen LogP contribution in [0.4, 0.5) is 11.4 Å². The molecule has 0 aliphatic heterocycles. The molecule has 0 aliphatic rings. The molecule has 106 valence electrons. The summed E-state index contributed by atoms with van der Waals surface area (Å²) in [5, 5.41) is 14.2. The Labute approximate surface area is 117 Å². The molecule has 0 saturated carbocycles. The number of hydrogen-bond acceptors (Lipinski definition) is 6. The molecule has 3 N–H and O–H groups in total. The number of nitro groups is 1. The van der Waals surface area contributed by atoms with Gasteiger partial charge in [-0.25, -0.2) is 9.97 Å². The number of benzene rings is 1. The quantitative estimate of drug-likeness (QED) is 0.487. The lowest BCUT2D eigenvalue weighted by molar-refractivity contribution is -0.383. The van der Waals surface area contributed by atoms with Gasteiger partial charge in [-0.3, -0.25) is 14.9 Å². The van der Waals surface area contributed by atoms with Crippen LogP contribution in [-0.2, 0) is 6.54 Å². The number of aromatic nitrogens is 4. The highest BCUT2D eigenvalue weighted by Crippen LogP contribution is 2.28. The molecule has 0 unspecified atom stereocenters. The third-order valence-electron chi connectivity index (χ3n) is 2.96. The summed E-state index contributed by atoms with van der Waals surface area (Å²) < 4.78 is 0. The minimum absolute atomic E-state index is 0.174. The van der Waals surface area contributed by atoms with Crippen LogP contribution in [0.15, 0.2) is 35.6 Å². The van der Waals surface area contributed by atoms with Crippen LogP contribution in [0.2, 0.25) is 0 Å². The van der Waals surface area contributed by atoms with E-state index in [4.69, 9.17) is 0 Å². The lowest BCUT2D eigenvalue weighted by atomic mass is 10.2. The number of H-pyrrole nitrogens is 2. The van der Waals surface area contributed by atoms with Gasteiger partial charge in [0.25, 0.3) is 11.2 Å². The summed E-state index contributed by atoms with van der Waals surface area (Å²) in [6.45, 7) is 0.294. The van der Waals surface area contributed by atoms with E-state index in [2.05, 4.69) is 25.3 Å². The minimum Gasteiger partial charge on any atom is -0.372 e. The van der Waals surface area contributed by atoms with Crippen LogP contribution in [-0.4, -0.2) is 24.9 Å². The maximum Gasteiger partial charge on any atom is 0.293 e. The standard InChI is InChI=1S/C12H10N6O3/c19-12-7-3-10(18(20)21)9(4-8(7)16-6-17-12)15-5-11-13-1-2-14-11/h1-4,6,15H,5H2,(H,13,14)(H,16,17,19). The zero-order valence-corrected chi connectivity index (χ0v) is 10.7. The zero-order valence-electron chi connectivity index (χ0n) is 10.7. The molecule has 1 aromatic carbocycles. The molecule has 2 aromatic heterocycles. The second-order valence-corrected chi connectivity index (χ2v) is 4.26. The molecule has 0 aliphatic carbocycles. The lowest BCUT2D eigenvalue weighted by Gasteiger charge is -2.06. The fraction of sp³-hybridized carbons (Fsp3) is 0.0833. The highest BCUT2D eigenvalue weighted by molar-refractivity contribution is 5.86. The molecule has 0 spiro atoms. The van der Waals surface area contributed by atoms with Gasteiger partial charge < -0.3 is 15.3 Å². The molecule has 0 amide bonds. The van der Waals surface area contributed by atoms with Gasteiger partial charge in [0.2, 0.25) is 0 Å². The Kier molecular flexibility index (Phi) is 3.07. The van der Waals surface area contributed by atoms with Crippen molar-refractivity contribution in [2.45, 2.75) is 6.54 Å². The van der Waals surface area contributed by atoms with E-state index in [9.17, 15) is 14.9 Å². The van der Waals surface area contributed by atoms with Crippen molar-refractivity contribution in [1.29, 1.82) is 0 Å². The Morgan fingerprint density at radius 3 is 2.86 bits per heavy atom. The summed E-state index contributed by atoms with van der Waals surface area (Å²) >= 11 is 0. The Hall–Kier alpha value is -3.23. The second-order valence-electron chi connectivity index (χ2n) is 4.26. The Bertz CT molecular complexity index is 855. The Morgan fingerprint density at radius 2 is 2.14 bits per heavy atom. The van der Waals surface area contributed by atoms with Crippen LogP contribution >= 0.6 is 0 Å². The van der Waals surface area contributed by atoms with Crippen LogP contribution < -0.4 is 10.9 Å². The summed E-state index contributed by atoms with van der Waals surface area (Å²) in [5.74, 6) is 0.642. The van der Waals surface area contributed by atoms with Gasteiger partial charge in [0.15, 0.2) is 0 Å². The monoisotopic (exact) mass is 286 g/mol. The first kappa shape index (κ1) is 12.8. The molecule has 2 heterocycles. The van der Waals surface area contributed by atoms with Crippen molar-refractivity contribution in [1.82, 2.24) is 19.9 Å². The van der Waals surface area contributed by atoms with Gasteiger partial charge in [0, 0.05) is 18.5 Å². The van der Waals surface area contributed by atoms with E-state index in [1.807, 2.05) is 0 Å². The van der Waals surface area contributed by atoms with Crippen LogP contribution in [0.3, 0.4) is 0 Å². The normalized spacial score (nSPS) is 10.7. The van der Waals surface area contributed by atoms with Crippen LogP contribution in [0.5, 0.6) is 0 Å². The highest BCUT2D eigenvalue weighted by Gasteiger charge is 2.17. The maximum absolute atomic E-state index is 11.7. The van der Waals surface area contributed by atoms with Crippen LogP contribution in [0, 0.1) is 10.1 Å². The molecule has 0 bridgehead atoms. The lowest BCUT2D eigenvalue weighted by Crippen LogP contribution is -2.09. The molecular formula is C12H10N6O3. The van der Waals surface area contributed by atoms with E-state index in [1.54, 1.807) is 12.4 Å². The van der Waals surface area contributed by atoms with Crippen molar-refractivity contribution in [3.8, 4) is 0 Å². The molecule has 0 saturated heterocycles. The molecular weight excluding hydrogens is 276 g/mol. The van der Waals surface area contributed by atoms with Gasteiger partial charge >= 0.3 is 0 Å². The number of rotatable bonds is 4. The first-order chi connectivity index (χ1) is 10.1. The van der Waals surface area contributed by atoms with Crippen molar-refractivity contribution in [2.24, 2.45) is 0 Å². The SMILES string of the molecule is O=c1[nH]cnc2cc(NCc3ncc[nH]3)c([N+](=O)[O-])cc12. The van der Waals surface area contributed by atoms with E-state index in [0.29, 0.717) is 17.9 Å². The number of fused-ring (bicyclic) bond motifs is 1. The number of nitro benzene ring substituents is 1. The summed E-state index contributed by atoms with van der Waals surface area (Å²) in [4.78, 5) is 35.6. The largest absolute Gasteiger partial charge is 0.372 e. The zero-order chi connectivity index (χ0) is 14.8. The molecule has 3 rings (SSSR count). The van der Waals surface area contributed by atoms with E-state index >= 15 is 0 Å². The maximum atomic E-state index is 11.7. The first-order valence-corrected chi connectivity index (χ1v) is 6.03. The Morgan fingerprint density at radius 1 is 1.29 bits per heavy atom. The smallest absolute Gasteiger partial charge is 0.293 e. The Balaban J connectivity index is 2.05. The fourth-order valence-electron chi connectivity index (χ4n) is 1.97. The van der Waals surface area contributed by atoms with Gasteiger partial charge in [-0.1, -0.05) is 0 Å². The third kappa shape index (κ3) is 2.43. The van der Waals surface area contributed by atoms with E-state index in [-0.39, 0.29) is 16.8 Å². The van der Waals surface area contributed by atoms with Gasteiger partial charge in [0.05, 0.1) is 28.7 Å². The fourth-order valence-corrected chi connectivity index (χ4v) is 1.97. The summed E-state index contributed by atoms with van der Waals surface area (Å²) in [6, 6.07) is 2.69. The molecule has 9 heteroatoms. The van der Waals surface area contributed by atoms with Crippen LogP contribution in [0.1, 0.15) is 5.82 Å². The predicted octanol–water partition coefficient (Wildman–Crippen LogP) is 1.17. The summed E-state index contributed by atoms with van der Waals surface area (Å²) in [5.41, 5.74) is 0.0570. The topological polar surface area (TPSA) is 130 Å². The third-order valence-corrected chi connectivity index (χ3v) is 2.96. The number of hydrogen-bond donors (Lipinski definition) is 3. The van der Waals surface area contributed by atoms with Crippen molar-refractivity contribution in [2.75, 3.05) is 5.32 Å². The molecule has 21 heavy (non-hydrogen) atoms. The van der Waals surface area contributed by atoms with Crippen LogP contribution in [0.25, 0.3) is 10.9 Å². The molecule has 3 aromatic rings. The average molecular weight is 286 g/mol. The molecule has 9 nitrogen and oxygen atoms in total. The minimum atomic E-state index is -0.545. The number of nitrogens with zero attached hydrogens (tertiary/aromatic N) is 3. The number of aromatic amines is 2. The number of anilines is 1. The van der Waals surface area contributed by atoms with Crippen molar-refractivity contribution in [3.63, 3.8) is 0 Å². The second kappa shape index (κ2) is 5.04. The van der Waals surface area contributed by atoms with Crippen molar-refractivity contribution < 1.29 is 4.92 Å². The molecule has 0 fully saturated rings. The van der Waals surface area contributed by atoms with Crippen molar-refractivity contribution >= 4 is 22.3 Å². The van der Waals surface area contributed by atoms with E-state index < -0.39 is 10.5 Å². The van der Waals surface area contributed by atoms with E-state index in [0.717, 1.165) is 0 Å². The van der Waals surface area contributed by atoms with Gasteiger partial charge in [0.1, 0.15) is 11.5 Å². The molecule has 0 atom stereocenters. The van der Waals surface area contributed by atoms with Gasteiger partial charge in [-0.15, -0.1) is 0 Å². The van der Waals surface area contributed by atoms with Gasteiger partial charge in [-0.2, -0.15) is 0 Å². The average Bonchev–Trinajstić information content (AvgIpc) is 2.97. The molecule has 0 radical (unpaired) electrons. The summed E-state index contributed by atoms with van der Waals surface area (Å²) in [6.07, 6.45) is 4.51.